The van der Waals surface area contributed by atoms with Gasteiger partial charge in [-0.05, 0) is 32.4 Å². The van der Waals surface area contributed by atoms with Crippen LogP contribution < -0.4 is 11.1 Å². The Hall–Kier alpha value is -1.22. The van der Waals surface area contributed by atoms with Crippen LogP contribution in [-0.4, -0.2) is 11.4 Å². The summed E-state index contributed by atoms with van der Waals surface area (Å²) < 4.78 is 0. The van der Waals surface area contributed by atoms with E-state index in [0.717, 1.165) is 12.8 Å². The van der Waals surface area contributed by atoms with E-state index in [9.17, 15) is 4.79 Å². The predicted octanol–water partition coefficient (Wildman–Crippen LogP) is 3.23. The maximum absolute atomic E-state index is 12.1. The van der Waals surface area contributed by atoms with Crippen molar-refractivity contribution in [3.05, 3.63) is 28.8 Å². The van der Waals surface area contributed by atoms with Gasteiger partial charge in [-0.15, -0.1) is 0 Å². The molecule has 0 heterocycles. The molecule has 1 rings (SSSR count). The zero-order valence-electron chi connectivity index (χ0n) is 10.5. The molecule has 94 valence electrons. The van der Waals surface area contributed by atoms with Gasteiger partial charge in [0.05, 0.1) is 16.3 Å². The van der Waals surface area contributed by atoms with Gasteiger partial charge >= 0.3 is 0 Å². The van der Waals surface area contributed by atoms with Crippen LogP contribution in [-0.2, 0) is 0 Å². The van der Waals surface area contributed by atoms with Crippen LogP contribution in [0.5, 0.6) is 0 Å². The maximum Gasteiger partial charge on any atom is 0.253 e. The highest BCUT2D eigenvalue weighted by atomic mass is 35.5. The summed E-state index contributed by atoms with van der Waals surface area (Å²) in [6, 6.07) is 5.07. The van der Waals surface area contributed by atoms with Crippen LogP contribution in [0, 0.1) is 0 Å². The number of halogens is 1. The molecule has 0 saturated carbocycles. The fourth-order valence-electron chi connectivity index (χ4n) is 1.80. The van der Waals surface area contributed by atoms with Crippen LogP contribution in [0.4, 0.5) is 5.69 Å². The van der Waals surface area contributed by atoms with Crippen molar-refractivity contribution in [2.75, 3.05) is 5.73 Å². The number of carbonyl (C=O) groups is 1. The summed E-state index contributed by atoms with van der Waals surface area (Å²) in [4.78, 5) is 12.1. The minimum atomic E-state index is -0.236. The molecule has 17 heavy (non-hydrogen) atoms. The lowest BCUT2D eigenvalue weighted by Crippen LogP contribution is -2.43. The number of nitrogens with two attached hydrogens (primary N) is 1. The van der Waals surface area contributed by atoms with Crippen LogP contribution in [0.15, 0.2) is 18.2 Å². The van der Waals surface area contributed by atoms with Crippen molar-refractivity contribution in [3.63, 3.8) is 0 Å². The van der Waals surface area contributed by atoms with Crippen molar-refractivity contribution in [2.24, 2.45) is 0 Å². The molecule has 1 aromatic rings. The average molecular weight is 255 g/mol. The van der Waals surface area contributed by atoms with Gasteiger partial charge in [-0.2, -0.15) is 0 Å². The SMILES string of the molecule is CCCC(C)(C)NC(=O)c1cccc(Cl)c1N. The Balaban J connectivity index is 2.87. The molecule has 0 saturated heterocycles. The van der Waals surface area contributed by atoms with Crippen LogP contribution >= 0.6 is 11.6 Å². The van der Waals surface area contributed by atoms with Crippen molar-refractivity contribution in [1.82, 2.24) is 5.32 Å². The first-order valence-electron chi connectivity index (χ1n) is 5.74. The van der Waals surface area contributed by atoms with E-state index in [2.05, 4.69) is 12.2 Å². The Bertz CT molecular complexity index is 416. The number of amides is 1. The summed E-state index contributed by atoms with van der Waals surface area (Å²) in [5.41, 5.74) is 6.31. The van der Waals surface area contributed by atoms with Gasteiger partial charge in [-0.1, -0.05) is 31.0 Å². The third-order valence-corrected chi connectivity index (χ3v) is 2.95. The smallest absolute Gasteiger partial charge is 0.253 e. The van der Waals surface area contributed by atoms with E-state index < -0.39 is 0 Å². The van der Waals surface area contributed by atoms with Crippen molar-refractivity contribution >= 4 is 23.2 Å². The first kappa shape index (κ1) is 13.8. The summed E-state index contributed by atoms with van der Waals surface area (Å²) in [5.74, 6) is -0.177. The molecule has 0 radical (unpaired) electrons. The molecule has 4 heteroatoms. The largest absolute Gasteiger partial charge is 0.397 e. The zero-order valence-corrected chi connectivity index (χ0v) is 11.3. The van der Waals surface area contributed by atoms with Crippen molar-refractivity contribution in [1.29, 1.82) is 0 Å². The second-order valence-corrected chi connectivity index (χ2v) is 5.20. The number of hydrogen-bond donors (Lipinski definition) is 2. The standard InChI is InChI=1S/C13H19ClN2O/c1-4-8-13(2,3)16-12(17)9-6-5-7-10(14)11(9)15/h5-7H,4,8,15H2,1-3H3,(H,16,17). The first-order chi connectivity index (χ1) is 7.87. The monoisotopic (exact) mass is 254 g/mol. The van der Waals surface area contributed by atoms with E-state index >= 15 is 0 Å². The molecular weight excluding hydrogens is 236 g/mol. The molecule has 0 aliphatic rings. The number of anilines is 1. The lowest BCUT2D eigenvalue weighted by Gasteiger charge is -2.26. The van der Waals surface area contributed by atoms with E-state index in [1.54, 1.807) is 18.2 Å². The fourth-order valence-corrected chi connectivity index (χ4v) is 1.97. The van der Waals surface area contributed by atoms with Gasteiger partial charge < -0.3 is 11.1 Å². The summed E-state index contributed by atoms with van der Waals surface area (Å²) in [5, 5.41) is 3.37. The molecule has 0 aliphatic heterocycles. The molecule has 3 nitrogen and oxygen atoms in total. The Morgan fingerprint density at radius 1 is 1.47 bits per heavy atom. The summed E-state index contributed by atoms with van der Waals surface area (Å²) in [7, 11) is 0. The second kappa shape index (κ2) is 5.41. The van der Waals surface area contributed by atoms with Gasteiger partial charge in [0.15, 0.2) is 0 Å². The van der Waals surface area contributed by atoms with Gasteiger partial charge in [-0.3, -0.25) is 4.79 Å². The number of para-hydroxylation sites is 1. The molecule has 0 unspecified atom stereocenters. The quantitative estimate of drug-likeness (QED) is 0.811. The molecule has 3 N–H and O–H groups in total. The summed E-state index contributed by atoms with van der Waals surface area (Å²) in [6.07, 6.45) is 1.93. The topological polar surface area (TPSA) is 55.1 Å². The highest BCUT2D eigenvalue weighted by molar-refractivity contribution is 6.33. The molecule has 0 aromatic heterocycles. The molecule has 0 aliphatic carbocycles. The van der Waals surface area contributed by atoms with Gasteiger partial charge in [0.25, 0.3) is 5.91 Å². The Labute approximate surface area is 107 Å². The third-order valence-electron chi connectivity index (χ3n) is 2.62. The van der Waals surface area contributed by atoms with Crippen molar-refractivity contribution < 1.29 is 4.79 Å². The molecule has 0 bridgehead atoms. The second-order valence-electron chi connectivity index (χ2n) is 4.79. The third kappa shape index (κ3) is 3.63. The number of benzene rings is 1. The number of nitrogen functional groups attached to an aromatic ring is 1. The average Bonchev–Trinajstić information content (AvgIpc) is 2.21. The normalized spacial score (nSPS) is 11.3. The van der Waals surface area contributed by atoms with E-state index in [0.29, 0.717) is 16.3 Å². The lowest BCUT2D eigenvalue weighted by molar-refractivity contribution is 0.0910. The first-order valence-corrected chi connectivity index (χ1v) is 6.11. The molecule has 0 fully saturated rings. The number of rotatable bonds is 4. The lowest BCUT2D eigenvalue weighted by atomic mass is 9.98. The van der Waals surface area contributed by atoms with Gasteiger partial charge in [0.1, 0.15) is 0 Å². The minimum Gasteiger partial charge on any atom is -0.397 e. The number of carbonyl (C=O) groups excluding carboxylic acids is 1. The van der Waals surface area contributed by atoms with Crippen LogP contribution in [0.25, 0.3) is 0 Å². The predicted molar refractivity (Wildman–Crippen MR) is 72.3 cm³/mol. The van der Waals surface area contributed by atoms with Gasteiger partial charge in [0, 0.05) is 5.54 Å². The van der Waals surface area contributed by atoms with Crippen LogP contribution in [0.2, 0.25) is 5.02 Å². The van der Waals surface area contributed by atoms with Gasteiger partial charge in [-0.25, -0.2) is 0 Å². The Kier molecular flexibility index (Phi) is 4.40. The van der Waals surface area contributed by atoms with Gasteiger partial charge in [0.2, 0.25) is 0 Å². The number of nitrogens with one attached hydrogen (secondary N) is 1. The highest BCUT2D eigenvalue weighted by Crippen LogP contribution is 2.23. The van der Waals surface area contributed by atoms with E-state index in [1.807, 2.05) is 13.8 Å². The van der Waals surface area contributed by atoms with Crippen LogP contribution in [0.1, 0.15) is 44.0 Å². The van der Waals surface area contributed by atoms with Crippen LogP contribution in [0.3, 0.4) is 0 Å². The minimum absolute atomic E-state index is 0.177. The fraction of sp³-hybridized carbons (Fsp3) is 0.462. The molecule has 1 amide bonds. The molecule has 0 spiro atoms. The van der Waals surface area contributed by atoms with E-state index in [4.69, 9.17) is 17.3 Å². The highest BCUT2D eigenvalue weighted by Gasteiger charge is 2.21. The molecule has 0 atom stereocenters. The number of hydrogen-bond acceptors (Lipinski definition) is 2. The van der Waals surface area contributed by atoms with Crippen molar-refractivity contribution in [3.8, 4) is 0 Å². The van der Waals surface area contributed by atoms with E-state index in [1.165, 1.54) is 0 Å². The summed E-state index contributed by atoms with van der Waals surface area (Å²) >= 11 is 5.89. The maximum atomic E-state index is 12.1. The summed E-state index contributed by atoms with van der Waals surface area (Å²) in [6.45, 7) is 6.08. The Morgan fingerprint density at radius 2 is 2.12 bits per heavy atom. The van der Waals surface area contributed by atoms with E-state index in [-0.39, 0.29) is 11.4 Å². The molecule has 1 aromatic carbocycles. The Morgan fingerprint density at radius 3 is 2.71 bits per heavy atom. The zero-order chi connectivity index (χ0) is 13.1. The van der Waals surface area contributed by atoms with Crippen molar-refractivity contribution in [2.45, 2.75) is 39.2 Å². The molecular formula is C13H19ClN2O.